The van der Waals surface area contributed by atoms with E-state index in [0.717, 1.165) is 12.1 Å². The second-order valence-corrected chi connectivity index (χ2v) is 3.48. The number of aliphatic carboxylic acids is 1. The van der Waals surface area contributed by atoms with Crippen LogP contribution in [0.5, 0.6) is 0 Å². The lowest BCUT2D eigenvalue weighted by Crippen LogP contribution is -2.06. The van der Waals surface area contributed by atoms with E-state index in [1.54, 1.807) is 0 Å². The minimum absolute atomic E-state index is 0.110. The molecule has 17 heavy (non-hydrogen) atoms. The van der Waals surface area contributed by atoms with E-state index in [-0.39, 0.29) is 5.56 Å². The predicted molar refractivity (Wildman–Crippen MR) is 54.7 cm³/mol. The maximum absolute atomic E-state index is 12.4. The van der Waals surface area contributed by atoms with Gasteiger partial charge < -0.3 is 10.2 Å². The van der Waals surface area contributed by atoms with Gasteiger partial charge in [-0.3, -0.25) is 0 Å². The molecule has 0 amide bonds. The fourth-order valence-electron chi connectivity index (χ4n) is 1.07. The molecule has 92 valence electrons. The highest BCUT2D eigenvalue weighted by atomic mass is 35.5. The second kappa shape index (κ2) is 4.67. The van der Waals surface area contributed by atoms with Crippen molar-refractivity contribution in [2.75, 3.05) is 0 Å². The van der Waals surface area contributed by atoms with Gasteiger partial charge in [-0.05, 0) is 23.8 Å². The van der Waals surface area contributed by atoms with E-state index in [0.29, 0.717) is 12.1 Å². The molecule has 0 aliphatic heterocycles. The molecule has 3 nitrogen and oxygen atoms in total. The molecule has 0 atom stereocenters. The van der Waals surface area contributed by atoms with Crippen LogP contribution < -0.4 is 0 Å². The van der Waals surface area contributed by atoms with E-state index in [1.165, 1.54) is 0 Å². The van der Waals surface area contributed by atoms with Gasteiger partial charge in [0, 0.05) is 0 Å². The van der Waals surface area contributed by atoms with Crippen molar-refractivity contribution in [3.63, 3.8) is 0 Å². The first-order chi connectivity index (χ1) is 7.71. The van der Waals surface area contributed by atoms with E-state index < -0.39 is 28.5 Å². The average Bonchev–Trinajstić information content (AvgIpc) is 2.19. The third-order valence-corrected chi connectivity index (χ3v) is 2.15. The number of carbonyl (C=O) groups is 1. The molecule has 0 radical (unpaired) electrons. The van der Waals surface area contributed by atoms with Crippen LogP contribution in [0.4, 0.5) is 13.2 Å². The highest BCUT2D eigenvalue weighted by molar-refractivity contribution is 6.31. The molecule has 0 spiro atoms. The molecule has 0 unspecified atom stereocenters. The van der Waals surface area contributed by atoms with E-state index in [4.69, 9.17) is 21.8 Å². The van der Waals surface area contributed by atoms with Crippen LogP contribution in [0.2, 0.25) is 5.02 Å². The molecular weight excluding hydrogens is 261 g/mol. The van der Waals surface area contributed by atoms with Crippen LogP contribution >= 0.6 is 11.6 Å². The first-order valence-electron chi connectivity index (χ1n) is 4.22. The van der Waals surface area contributed by atoms with Gasteiger partial charge in [0.15, 0.2) is 0 Å². The van der Waals surface area contributed by atoms with Gasteiger partial charge in [-0.1, -0.05) is 17.7 Å². The second-order valence-electron chi connectivity index (χ2n) is 3.07. The number of aliphatic hydroxyl groups excluding tert-OH is 1. The van der Waals surface area contributed by atoms with Crippen LogP contribution in [-0.2, 0) is 11.0 Å². The number of alkyl halides is 3. The number of carboxylic acid groups (broad SMARTS) is 1. The molecule has 0 fully saturated rings. The zero-order valence-electron chi connectivity index (χ0n) is 8.12. The molecule has 1 aromatic carbocycles. The van der Waals surface area contributed by atoms with Crippen molar-refractivity contribution in [1.29, 1.82) is 0 Å². The van der Waals surface area contributed by atoms with Crippen molar-refractivity contribution in [3.05, 3.63) is 40.1 Å². The Hall–Kier alpha value is -1.69. The third-order valence-electron chi connectivity index (χ3n) is 1.82. The quantitative estimate of drug-likeness (QED) is 0.637. The average molecular weight is 267 g/mol. The Morgan fingerprint density at radius 3 is 2.35 bits per heavy atom. The van der Waals surface area contributed by atoms with Gasteiger partial charge in [0.2, 0.25) is 5.76 Å². The number of hydrogen-bond acceptors (Lipinski definition) is 2. The first kappa shape index (κ1) is 13.4. The van der Waals surface area contributed by atoms with Crippen molar-refractivity contribution in [2.45, 2.75) is 6.18 Å². The lowest BCUT2D eigenvalue weighted by atomic mass is 10.1. The maximum Gasteiger partial charge on any atom is 0.417 e. The minimum Gasteiger partial charge on any atom is -0.502 e. The SMILES string of the molecule is O=C(O)/C(O)=C\c1ccc(Cl)c(C(F)(F)F)c1. The summed E-state index contributed by atoms with van der Waals surface area (Å²) < 4.78 is 37.3. The molecule has 0 aromatic heterocycles. The molecule has 0 saturated carbocycles. The van der Waals surface area contributed by atoms with Gasteiger partial charge in [-0.15, -0.1) is 0 Å². The summed E-state index contributed by atoms with van der Waals surface area (Å²) in [6.45, 7) is 0. The van der Waals surface area contributed by atoms with Crippen LogP contribution in [-0.4, -0.2) is 16.2 Å². The summed E-state index contributed by atoms with van der Waals surface area (Å²) in [5.41, 5.74) is -1.20. The van der Waals surface area contributed by atoms with Gasteiger partial charge in [-0.25, -0.2) is 4.79 Å². The fourth-order valence-corrected chi connectivity index (χ4v) is 1.29. The number of benzene rings is 1. The zero-order chi connectivity index (χ0) is 13.2. The summed E-state index contributed by atoms with van der Waals surface area (Å²) in [6, 6.07) is 2.80. The molecule has 0 saturated heterocycles. The summed E-state index contributed by atoms with van der Waals surface area (Å²) in [5, 5.41) is 16.8. The lowest BCUT2D eigenvalue weighted by molar-refractivity contribution is -0.137. The van der Waals surface area contributed by atoms with E-state index in [1.807, 2.05) is 0 Å². The van der Waals surface area contributed by atoms with Crippen molar-refractivity contribution >= 4 is 23.6 Å². The topological polar surface area (TPSA) is 57.5 Å². The summed E-state index contributed by atoms with van der Waals surface area (Å²) in [4.78, 5) is 10.3. The molecule has 2 N–H and O–H groups in total. The maximum atomic E-state index is 12.4. The monoisotopic (exact) mass is 266 g/mol. The van der Waals surface area contributed by atoms with Crippen molar-refractivity contribution in [3.8, 4) is 0 Å². The summed E-state index contributed by atoms with van der Waals surface area (Å²) in [7, 11) is 0. The van der Waals surface area contributed by atoms with Crippen molar-refractivity contribution in [1.82, 2.24) is 0 Å². The largest absolute Gasteiger partial charge is 0.502 e. The van der Waals surface area contributed by atoms with E-state index >= 15 is 0 Å². The third kappa shape index (κ3) is 3.39. The summed E-state index contributed by atoms with van der Waals surface area (Å²) in [6.07, 6.45) is -3.94. The Bertz CT molecular complexity index is 480. The van der Waals surface area contributed by atoms with Crippen LogP contribution in [0, 0.1) is 0 Å². The lowest BCUT2D eigenvalue weighted by Gasteiger charge is -2.09. The summed E-state index contributed by atoms with van der Waals surface area (Å²) in [5.74, 6) is -2.69. The molecule has 1 rings (SSSR count). The highest BCUT2D eigenvalue weighted by Gasteiger charge is 2.33. The Morgan fingerprint density at radius 2 is 1.88 bits per heavy atom. The van der Waals surface area contributed by atoms with Crippen LogP contribution in [0.15, 0.2) is 24.0 Å². The molecule has 1 aromatic rings. The molecule has 0 aliphatic rings. The Morgan fingerprint density at radius 1 is 1.29 bits per heavy atom. The molecule has 0 bridgehead atoms. The van der Waals surface area contributed by atoms with Gasteiger partial charge in [0.25, 0.3) is 0 Å². The van der Waals surface area contributed by atoms with Crippen LogP contribution in [0.25, 0.3) is 6.08 Å². The van der Waals surface area contributed by atoms with Gasteiger partial charge in [0.05, 0.1) is 10.6 Å². The van der Waals surface area contributed by atoms with Gasteiger partial charge in [-0.2, -0.15) is 13.2 Å². The summed E-state index contributed by atoms with van der Waals surface area (Å²) >= 11 is 5.36. The Kier molecular flexibility index (Phi) is 3.67. The Labute approximate surface area is 98.8 Å². The number of rotatable bonds is 2. The number of halogens is 4. The smallest absolute Gasteiger partial charge is 0.417 e. The Balaban J connectivity index is 3.23. The molecule has 7 heteroatoms. The standard InChI is InChI=1S/C10H6ClF3O3/c11-7-2-1-5(4-8(15)9(16)17)3-6(7)10(12,13)14/h1-4,15H,(H,16,17)/b8-4+. The normalized spacial score (nSPS) is 12.6. The van der Waals surface area contributed by atoms with E-state index in [2.05, 4.69) is 0 Å². The molecule has 0 heterocycles. The highest BCUT2D eigenvalue weighted by Crippen LogP contribution is 2.35. The van der Waals surface area contributed by atoms with Crippen LogP contribution in [0.3, 0.4) is 0 Å². The molecule has 0 aliphatic carbocycles. The first-order valence-corrected chi connectivity index (χ1v) is 4.60. The van der Waals surface area contributed by atoms with Gasteiger partial charge in [0.1, 0.15) is 0 Å². The minimum atomic E-state index is -4.64. The van der Waals surface area contributed by atoms with Crippen LogP contribution in [0.1, 0.15) is 11.1 Å². The van der Waals surface area contributed by atoms with Crippen molar-refractivity contribution < 1.29 is 28.2 Å². The number of aliphatic hydroxyl groups is 1. The number of hydrogen-bond donors (Lipinski definition) is 2. The fraction of sp³-hybridized carbons (Fsp3) is 0.100. The number of carboxylic acids is 1. The van der Waals surface area contributed by atoms with Crippen molar-refractivity contribution in [2.24, 2.45) is 0 Å². The zero-order valence-corrected chi connectivity index (χ0v) is 8.88. The van der Waals surface area contributed by atoms with Gasteiger partial charge >= 0.3 is 12.1 Å². The predicted octanol–water partition coefficient (Wildman–Crippen LogP) is 3.34. The molecular formula is C10H6ClF3O3. The van der Waals surface area contributed by atoms with E-state index in [9.17, 15) is 18.0 Å².